The molecule has 23 heavy (non-hydrogen) atoms. The van der Waals surface area contributed by atoms with Gasteiger partial charge >= 0.3 is 0 Å². The van der Waals surface area contributed by atoms with Crippen molar-refractivity contribution in [2.24, 2.45) is 0 Å². The molecule has 0 aliphatic carbocycles. The molecule has 3 heterocycles. The summed E-state index contributed by atoms with van der Waals surface area (Å²) in [6, 6.07) is 0. The highest BCUT2D eigenvalue weighted by Gasteiger charge is 2.28. The van der Waals surface area contributed by atoms with E-state index >= 15 is 0 Å². The lowest BCUT2D eigenvalue weighted by Gasteiger charge is -2.37. The Morgan fingerprint density at radius 1 is 1.30 bits per heavy atom. The maximum atomic E-state index is 5.92. The number of fused-ring (bicyclic) bond motifs is 1. The highest BCUT2D eigenvalue weighted by Crippen LogP contribution is 2.28. The number of hydrogen-bond donors (Lipinski definition) is 0. The molecule has 0 N–H and O–H groups in total. The van der Waals surface area contributed by atoms with Crippen molar-refractivity contribution in [3.8, 4) is 0 Å². The number of rotatable bonds is 3. The second-order valence-corrected chi connectivity index (χ2v) is 7.09. The summed E-state index contributed by atoms with van der Waals surface area (Å²) in [5, 5.41) is 5.51. The summed E-state index contributed by atoms with van der Waals surface area (Å²) < 4.78 is 13.1. The van der Waals surface area contributed by atoms with E-state index in [0.29, 0.717) is 6.61 Å². The molecule has 0 aromatic carbocycles. The van der Waals surface area contributed by atoms with Crippen LogP contribution in [0.15, 0.2) is 12.5 Å². The Labute approximate surface area is 136 Å². The highest BCUT2D eigenvalue weighted by molar-refractivity contribution is 5.86. The molecule has 2 aromatic heterocycles. The van der Waals surface area contributed by atoms with Crippen LogP contribution >= 0.6 is 0 Å². The van der Waals surface area contributed by atoms with E-state index in [-0.39, 0.29) is 17.7 Å². The SMILES string of the molecule is COCC1CN(c2ncnc3c2cnn3C(C)(C)C)CC(C)O1. The van der Waals surface area contributed by atoms with Gasteiger partial charge in [0.1, 0.15) is 12.1 Å². The average Bonchev–Trinajstić information content (AvgIpc) is 2.90. The predicted octanol–water partition coefficient (Wildman–Crippen LogP) is 1.82. The quantitative estimate of drug-likeness (QED) is 0.860. The van der Waals surface area contributed by atoms with Gasteiger partial charge in [-0.3, -0.25) is 0 Å². The van der Waals surface area contributed by atoms with Crippen molar-refractivity contribution in [2.45, 2.75) is 45.4 Å². The van der Waals surface area contributed by atoms with Crippen molar-refractivity contribution in [2.75, 3.05) is 31.7 Å². The number of methoxy groups -OCH3 is 1. The van der Waals surface area contributed by atoms with E-state index in [1.165, 1.54) is 0 Å². The third-order valence-electron chi connectivity index (χ3n) is 3.96. The van der Waals surface area contributed by atoms with E-state index in [9.17, 15) is 0 Å². The number of ether oxygens (including phenoxy) is 2. The predicted molar refractivity (Wildman–Crippen MR) is 88.7 cm³/mol. The molecule has 3 rings (SSSR count). The van der Waals surface area contributed by atoms with Crippen LogP contribution in [0, 0.1) is 0 Å². The first kappa shape index (κ1) is 16.1. The maximum absolute atomic E-state index is 5.92. The fourth-order valence-electron chi connectivity index (χ4n) is 3.07. The molecule has 0 amide bonds. The summed E-state index contributed by atoms with van der Waals surface area (Å²) in [6.45, 7) is 10.6. The van der Waals surface area contributed by atoms with Gasteiger partial charge in [-0.1, -0.05) is 0 Å². The lowest BCUT2D eigenvalue weighted by molar-refractivity contribution is -0.0512. The Morgan fingerprint density at radius 3 is 2.78 bits per heavy atom. The van der Waals surface area contributed by atoms with Gasteiger partial charge in [-0.05, 0) is 27.7 Å². The van der Waals surface area contributed by atoms with Crippen LogP contribution in [0.5, 0.6) is 0 Å². The van der Waals surface area contributed by atoms with Crippen LogP contribution in [0.4, 0.5) is 5.82 Å². The first-order valence-corrected chi connectivity index (χ1v) is 7.98. The van der Waals surface area contributed by atoms with E-state index in [0.717, 1.165) is 29.9 Å². The van der Waals surface area contributed by atoms with Crippen molar-refractivity contribution in [3.05, 3.63) is 12.5 Å². The summed E-state index contributed by atoms with van der Waals surface area (Å²) in [4.78, 5) is 11.2. The number of aromatic nitrogens is 4. The molecule has 7 heteroatoms. The summed E-state index contributed by atoms with van der Waals surface area (Å²) >= 11 is 0. The molecule has 2 aromatic rings. The van der Waals surface area contributed by atoms with Crippen LogP contribution in [0.2, 0.25) is 0 Å². The Hall–Kier alpha value is -1.73. The summed E-state index contributed by atoms with van der Waals surface area (Å²) in [5.41, 5.74) is 0.745. The van der Waals surface area contributed by atoms with Gasteiger partial charge in [0, 0.05) is 20.2 Å². The van der Waals surface area contributed by atoms with Gasteiger partial charge in [0.2, 0.25) is 0 Å². The number of anilines is 1. The fraction of sp³-hybridized carbons (Fsp3) is 0.688. The second-order valence-electron chi connectivity index (χ2n) is 7.09. The topological polar surface area (TPSA) is 65.3 Å². The number of nitrogens with zero attached hydrogens (tertiary/aromatic N) is 5. The second kappa shape index (κ2) is 6.05. The summed E-state index contributed by atoms with van der Waals surface area (Å²) in [5.74, 6) is 0.918. The Morgan fingerprint density at radius 2 is 2.09 bits per heavy atom. The maximum Gasteiger partial charge on any atom is 0.163 e. The van der Waals surface area contributed by atoms with Crippen LogP contribution in [0.3, 0.4) is 0 Å². The molecular weight excluding hydrogens is 294 g/mol. The lowest BCUT2D eigenvalue weighted by atomic mass is 10.1. The van der Waals surface area contributed by atoms with Crippen LogP contribution in [0.1, 0.15) is 27.7 Å². The standard InChI is InChI=1S/C16H25N5O2/c1-11-7-20(8-12(23-11)9-22-5)14-13-6-19-21(16(2,3)4)15(13)18-10-17-14/h6,10-12H,7-9H2,1-5H3. The van der Waals surface area contributed by atoms with Gasteiger partial charge < -0.3 is 14.4 Å². The van der Waals surface area contributed by atoms with Crippen LogP contribution < -0.4 is 4.90 Å². The lowest BCUT2D eigenvalue weighted by Crippen LogP contribution is -2.48. The zero-order valence-corrected chi connectivity index (χ0v) is 14.5. The van der Waals surface area contributed by atoms with Gasteiger partial charge in [-0.25, -0.2) is 14.6 Å². The molecule has 0 saturated carbocycles. The Kier molecular flexibility index (Phi) is 4.25. The molecule has 1 fully saturated rings. The molecule has 2 unspecified atom stereocenters. The molecule has 126 valence electrons. The zero-order chi connectivity index (χ0) is 16.6. The number of hydrogen-bond acceptors (Lipinski definition) is 6. The summed E-state index contributed by atoms with van der Waals surface area (Å²) in [6.07, 6.45) is 3.66. The minimum atomic E-state index is -0.121. The molecule has 0 bridgehead atoms. The van der Waals surface area contributed by atoms with E-state index in [2.05, 4.69) is 47.7 Å². The number of morpholine rings is 1. The fourth-order valence-corrected chi connectivity index (χ4v) is 3.07. The van der Waals surface area contributed by atoms with Gasteiger partial charge in [0.25, 0.3) is 0 Å². The van der Waals surface area contributed by atoms with Gasteiger partial charge in [-0.2, -0.15) is 5.10 Å². The van der Waals surface area contributed by atoms with E-state index in [1.807, 2.05) is 10.9 Å². The smallest absolute Gasteiger partial charge is 0.163 e. The first-order valence-electron chi connectivity index (χ1n) is 7.98. The zero-order valence-electron chi connectivity index (χ0n) is 14.5. The van der Waals surface area contributed by atoms with E-state index < -0.39 is 0 Å². The largest absolute Gasteiger partial charge is 0.382 e. The van der Waals surface area contributed by atoms with Crippen LogP contribution in [-0.2, 0) is 15.0 Å². The van der Waals surface area contributed by atoms with Crippen LogP contribution in [-0.4, -0.2) is 58.8 Å². The minimum absolute atomic E-state index is 0.0476. The van der Waals surface area contributed by atoms with Gasteiger partial charge in [0.05, 0.1) is 35.9 Å². The minimum Gasteiger partial charge on any atom is -0.382 e. The molecule has 1 saturated heterocycles. The van der Waals surface area contributed by atoms with Crippen molar-refractivity contribution >= 4 is 16.9 Å². The van der Waals surface area contributed by atoms with Gasteiger partial charge in [0.15, 0.2) is 5.65 Å². The van der Waals surface area contributed by atoms with Crippen molar-refractivity contribution < 1.29 is 9.47 Å². The molecule has 0 spiro atoms. The molecular formula is C16H25N5O2. The van der Waals surface area contributed by atoms with E-state index in [1.54, 1.807) is 13.4 Å². The normalized spacial score (nSPS) is 22.7. The Bertz CT molecular complexity index is 679. The first-order chi connectivity index (χ1) is 10.9. The average molecular weight is 319 g/mol. The summed E-state index contributed by atoms with van der Waals surface area (Å²) in [7, 11) is 1.70. The van der Waals surface area contributed by atoms with Crippen LogP contribution in [0.25, 0.3) is 11.0 Å². The van der Waals surface area contributed by atoms with E-state index in [4.69, 9.17) is 9.47 Å². The monoisotopic (exact) mass is 319 g/mol. The highest BCUT2D eigenvalue weighted by atomic mass is 16.5. The molecule has 1 aliphatic rings. The Balaban J connectivity index is 1.98. The van der Waals surface area contributed by atoms with Gasteiger partial charge in [-0.15, -0.1) is 0 Å². The molecule has 2 atom stereocenters. The van der Waals surface area contributed by atoms with Crippen molar-refractivity contribution in [1.29, 1.82) is 0 Å². The van der Waals surface area contributed by atoms with Crippen molar-refractivity contribution in [3.63, 3.8) is 0 Å². The molecule has 7 nitrogen and oxygen atoms in total. The van der Waals surface area contributed by atoms with Crippen molar-refractivity contribution in [1.82, 2.24) is 19.7 Å². The molecule has 0 radical (unpaired) electrons. The third kappa shape index (κ3) is 3.16. The third-order valence-corrected chi connectivity index (χ3v) is 3.96. The molecule has 1 aliphatic heterocycles.